The Morgan fingerprint density at radius 3 is 1.79 bits per heavy atom. The lowest BCUT2D eigenvalue weighted by molar-refractivity contribution is -0.121. The number of anilines is 1. The van der Waals surface area contributed by atoms with E-state index in [1.54, 1.807) is 12.1 Å². The van der Waals surface area contributed by atoms with Crippen molar-refractivity contribution < 1.29 is 9.90 Å². The molecule has 4 nitrogen and oxygen atoms in total. The van der Waals surface area contributed by atoms with Gasteiger partial charge in [-0.2, -0.15) is 0 Å². The lowest BCUT2D eigenvalue weighted by Crippen LogP contribution is -2.28. The lowest BCUT2D eigenvalue weighted by Gasteiger charge is -2.08. The molecule has 0 unspecified atom stereocenters. The molecular weight excluding hydrogens is 348 g/mol. The van der Waals surface area contributed by atoms with E-state index in [4.69, 9.17) is 0 Å². The summed E-state index contributed by atoms with van der Waals surface area (Å²) in [6, 6.07) is 6.95. The average Bonchev–Trinajstić information content (AvgIpc) is 2.70. The molecule has 0 aliphatic heterocycles. The van der Waals surface area contributed by atoms with Gasteiger partial charge in [0.15, 0.2) is 0 Å². The molecule has 0 saturated carbocycles. The van der Waals surface area contributed by atoms with Crippen LogP contribution >= 0.6 is 0 Å². The number of unbranched alkanes of at least 4 members (excludes halogenated alkanes) is 12. The van der Waals surface area contributed by atoms with Gasteiger partial charge in [0.2, 0.25) is 5.91 Å². The minimum absolute atomic E-state index is 0.149. The maximum absolute atomic E-state index is 11.8. The Hall–Kier alpha value is -1.71. The normalized spacial score (nSPS) is 10.8. The third-order valence-corrected chi connectivity index (χ3v) is 5.15. The summed E-state index contributed by atoms with van der Waals surface area (Å²) in [7, 11) is 0. The summed E-state index contributed by atoms with van der Waals surface area (Å²) in [5, 5.41) is 15.4. The summed E-state index contributed by atoms with van der Waals surface area (Å²) in [5.74, 6) is 0.409. The second-order valence-corrected chi connectivity index (χ2v) is 7.82. The van der Waals surface area contributed by atoms with Gasteiger partial charge in [-0.25, -0.2) is 0 Å². The summed E-state index contributed by atoms with van der Waals surface area (Å²) < 4.78 is 0. The SMILES string of the molecule is CCCCCCCCCCCCCCCC(=O)NCCNc1ccc(O)cc1. The van der Waals surface area contributed by atoms with Crippen molar-refractivity contribution in [2.45, 2.75) is 96.8 Å². The van der Waals surface area contributed by atoms with Gasteiger partial charge in [-0.15, -0.1) is 0 Å². The van der Waals surface area contributed by atoms with Crippen LogP contribution in [0.1, 0.15) is 96.8 Å². The highest BCUT2D eigenvalue weighted by Crippen LogP contribution is 2.14. The number of amides is 1. The molecule has 3 N–H and O–H groups in total. The van der Waals surface area contributed by atoms with E-state index in [0.29, 0.717) is 19.5 Å². The van der Waals surface area contributed by atoms with Crippen LogP contribution in [-0.4, -0.2) is 24.1 Å². The zero-order valence-corrected chi connectivity index (χ0v) is 18.0. The Morgan fingerprint density at radius 1 is 0.750 bits per heavy atom. The van der Waals surface area contributed by atoms with Gasteiger partial charge in [-0.3, -0.25) is 4.79 Å². The van der Waals surface area contributed by atoms with E-state index < -0.39 is 0 Å². The molecule has 0 radical (unpaired) electrons. The number of nitrogens with one attached hydrogen (secondary N) is 2. The maximum atomic E-state index is 11.8. The molecule has 1 aromatic rings. The van der Waals surface area contributed by atoms with Gasteiger partial charge in [-0.1, -0.05) is 84.0 Å². The van der Waals surface area contributed by atoms with Crippen LogP contribution in [0.4, 0.5) is 5.69 Å². The summed E-state index contributed by atoms with van der Waals surface area (Å²) in [4.78, 5) is 11.8. The van der Waals surface area contributed by atoms with Gasteiger partial charge in [0, 0.05) is 25.2 Å². The largest absolute Gasteiger partial charge is 0.508 e. The Kier molecular flexibility index (Phi) is 15.1. The molecule has 1 amide bonds. The molecule has 1 rings (SSSR count). The first-order valence-corrected chi connectivity index (χ1v) is 11.5. The minimum atomic E-state index is 0.149. The first kappa shape index (κ1) is 24.3. The molecule has 0 fully saturated rings. The van der Waals surface area contributed by atoms with Crippen LogP contribution in [0.2, 0.25) is 0 Å². The second kappa shape index (κ2) is 17.4. The highest BCUT2D eigenvalue weighted by molar-refractivity contribution is 5.75. The number of hydrogen-bond donors (Lipinski definition) is 3. The minimum Gasteiger partial charge on any atom is -0.508 e. The van der Waals surface area contributed by atoms with Crippen LogP contribution in [0.5, 0.6) is 5.75 Å². The summed E-state index contributed by atoms with van der Waals surface area (Å²) in [6.45, 7) is 3.58. The molecule has 0 atom stereocenters. The van der Waals surface area contributed by atoms with E-state index in [2.05, 4.69) is 17.6 Å². The number of aromatic hydroxyl groups is 1. The highest BCUT2D eigenvalue weighted by Gasteiger charge is 2.01. The highest BCUT2D eigenvalue weighted by atomic mass is 16.3. The van der Waals surface area contributed by atoms with Crippen molar-refractivity contribution in [3.8, 4) is 5.75 Å². The van der Waals surface area contributed by atoms with E-state index in [1.807, 2.05) is 12.1 Å². The fourth-order valence-electron chi connectivity index (χ4n) is 3.38. The van der Waals surface area contributed by atoms with Gasteiger partial charge in [0.25, 0.3) is 0 Å². The Labute approximate surface area is 172 Å². The summed E-state index contributed by atoms with van der Waals surface area (Å²) in [6.07, 6.45) is 17.9. The summed E-state index contributed by atoms with van der Waals surface area (Å²) >= 11 is 0. The monoisotopic (exact) mass is 390 g/mol. The standard InChI is InChI=1S/C24H42N2O2/c1-2-3-4-5-6-7-8-9-10-11-12-13-14-15-24(28)26-21-20-25-22-16-18-23(27)19-17-22/h16-19,25,27H,2-15,20-21H2,1H3,(H,26,28). The van der Waals surface area contributed by atoms with Crippen LogP contribution < -0.4 is 10.6 Å². The molecule has 1 aromatic carbocycles. The molecule has 0 aromatic heterocycles. The van der Waals surface area contributed by atoms with Crippen molar-refractivity contribution in [3.63, 3.8) is 0 Å². The molecule has 0 heterocycles. The van der Waals surface area contributed by atoms with E-state index >= 15 is 0 Å². The van der Waals surface area contributed by atoms with Gasteiger partial charge >= 0.3 is 0 Å². The van der Waals surface area contributed by atoms with Crippen LogP contribution in [0.15, 0.2) is 24.3 Å². The molecule has 0 aliphatic rings. The molecule has 0 bridgehead atoms. The molecular formula is C24H42N2O2. The van der Waals surface area contributed by atoms with Crippen molar-refractivity contribution in [2.75, 3.05) is 18.4 Å². The Morgan fingerprint density at radius 2 is 1.25 bits per heavy atom. The molecule has 0 spiro atoms. The number of hydrogen-bond acceptors (Lipinski definition) is 3. The molecule has 28 heavy (non-hydrogen) atoms. The van der Waals surface area contributed by atoms with Crippen LogP contribution in [-0.2, 0) is 4.79 Å². The molecule has 160 valence electrons. The second-order valence-electron chi connectivity index (χ2n) is 7.82. The van der Waals surface area contributed by atoms with Crippen molar-refractivity contribution in [1.82, 2.24) is 5.32 Å². The topological polar surface area (TPSA) is 61.4 Å². The van der Waals surface area contributed by atoms with E-state index in [9.17, 15) is 9.90 Å². The average molecular weight is 391 g/mol. The third kappa shape index (κ3) is 14.4. The fraction of sp³-hybridized carbons (Fsp3) is 0.708. The third-order valence-electron chi connectivity index (χ3n) is 5.15. The smallest absolute Gasteiger partial charge is 0.220 e. The maximum Gasteiger partial charge on any atom is 0.220 e. The molecule has 0 saturated heterocycles. The number of carbonyl (C=O) groups excluding carboxylic acids is 1. The van der Waals surface area contributed by atoms with Crippen LogP contribution in [0, 0.1) is 0 Å². The number of carbonyl (C=O) groups is 1. The zero-order chi connectivity index (χ0) is 20.3. The van der Waals surface area contributed by atoms with E-state index in [1.165, 1.54) is 70.6 Å². The van der Waals surface area contributed by atoms with Crippen LogP contribution in [0.25, 0.3) is 0 Å². The molecule has 4 heteroatoms. The predicted molar refractivity (Wildman–Crippen MR) is 120 cm³/mol. The van der Waals surface area contributed by atoms with Crippen molar-refractivity contribution in [1.29, 1.82) is 0 Å². The first-order valence-electron chi connectivity index (χ1n) is 11.5. The fourth-order valence-corrected chi connectivity index (χ4v) is 3.38. The number of phenols is 1. The van der Waals surface area contributed by atoms with Gasteiger partial charge in [-0.05, 0) is 30.7 Å². The van der Waals surface area contributed by atoms with Gasteiger partial charge in [0.05, 0.1) is 0 Å². The summed E-state index contributed by atoms with van der Waals surface area (Å²) in [5.41, 5.74) is 0.948. The quantitative estimate of drug-likeness (QED) is 0.201. The van der Waals surface area contributed by atoms with Gasteiger partial charge in [0.1, 0.15) is 5.75 Å². The number of phenolic OH excluding ortho intramolecular Hbond substituents is 1. The van der Waals surface area contributed by atoms with E-state index in [-0.39, 0.29) is 11.7 Å². The van der Waals surface area contributed by atoms with Crippen molar-refractivity contribution in [2.24, 2.45) is 0 Å². The predicted octanol–water partition coefficient (Wildman–Crippen LogP) is 6.40. The first-order chi connectivity index (χ1) is 13.7. The number of rotatable bonds is 18. The Balaban J connectivity index is 1.81. The van der Waals surface area contributed by atoms with E-state index in [0.717, 1.165) is 18.5 Å². The van der Waals surface area contributed by atoms with Gasteiger partial charge < -0.3 is 15.7 Å². The van der Waals surface area contributed by atoms with Crippen molar-refractivity contribution in [3.05, 3.63) is 24.3 Å². The van der Waals surface area contributed by atoms with Crippen LogP contribution in [0.3, 0.4) is 0 Å². The number of benzene rings is 1. The van der Waals surface area contributed by atoms with Crippen molar-refractivity contribution >= 4 is 11.6 Å². The Bertz CT molecular complexity index is 488. The molecule has 0 aliphatic carbocycles. The lowest BCUT2D eigenvalue weighted by atomic mass is 10.0. The zero-order valence-electron chi connectivity index (χ0n) is 18.0.